The van der Waals surface area contributed by atoms with Gasteiger partial charge in [0.15, 0.2) is 0 Å². The Bertz CT molecular complexity index is 843. The topological polar surface area (TPSA) is 43.2 Å². The zero-order chi connectivity index (χ0) is 18.1. The van der Waals surface area contributed by atoms with Crippen molar-refractivity contribution in [2.75, 3.05) is 37.6 Å². The number of benzene rings is 1. The lowest BCUT2D eigenvalue weighted by molar-refractivity contribution is 0.249. The van der Waals surface area contributed by atoms with Gasteiger partial charge in [0.2, 0.25) is 0 Å². The van der Waals surface area contributed by atoms with Crippen molar-refractivity contribution < 1.29 is 4.39 Å². The van der Waals surface area contributed by atoms with Crippen LogP contribution in [0.25, 0.3) is 10.9 Å². The van der Waals surface area contributed by atoms with E-state index in [1.54, 1.807) is 6.20 Å². The van der Waals surface area contributed by atoms with Crippen LogP contribution in [0.15, 0.2) is 18.3 Å². The number of anilines is 1. The highest BCUT2D eigenvalue weighted by Crippen LogP contribution is 2.34. The first-order valence-corrected chi connectivity index (χ1v) is 9.62. The smallest absolute Gasteiger partial charge is 0.124 e. The van der Waals surface area contributed by atoms with Crippen LogP contribution in [0.2, 0.25) is 0 Å². The molecule has 2 aliphatic rings. The van der Waals surface area contributed by atoms with E-state index in [1.165, 1.54) is 44.6 Å². The fraction of sp³-hybridized carbons (Fsp3) is 0.524. The van der Waals surface area contributed by atoms with Gasteiger partial charge < -0.3 is 9.80 Å². The van der Waals surface area contributed by atoms with E-state index in [0.29, 0.717) is 5.56 Å². The molecular weight excluding hydrogens is 327 g/mol. The molecule has 3 heterocycles. The first-order valence-electron chi connectivity index (χ1n) is 9.62. The summed E-state index contributed by atoms with van der Waals surface area (Å²) in [5.41, 5.74) is 3.01. The molecule has 2 aliphatic heterocycles. The van der Waals surface area contributed by atoms with Crippen molar-refractivity contribution in [3.8, 4) is 6.07 Å². The van der Waals surface area contributed by atoms with Gasteiger partial charge in [0.05, 0.1) is 16.8 Å². The Kier molecular flexibility index (Phi) is 4.78. The van der Waals surface area contributed by atoms with E-state index in [0.717, 1.165) is 54.0 Å². The van der Waals surface area contributed by atoms with Crippen molar-refractivity contribution in [3.63, 3.8) is 0 Å². The number of fused-ring (bicyclic) bond motifs is 1. The second-order valence-electron chi connectivity index (χ2n) is 7.69. The fourth-order valence-electron chi connectivity index (χ4n) is 4.51. The predicted molar refractivity (Wildman–Crippen MR) is 102 cm³/mol. The number of halogens is 1. The summed E-state index contributed by atoms with van der Waals surface area (Å²) in [6.45, 7) is 7.39. The molecule has 4 rings (SSSR count). The van der Waals surface area contributed by atoms with Crippen LogP contribution in [0.3, 0.4) is 0 Å². The number of rotatable bonds is 3. The Morgan fingerprint density at radius 1 is 1.19 bits per heavy atom. The molecule has 136 valence electrons. The quantitative estimate of drug-likeness (QED) is 0.841. The summed E-state index contributed by atoms with van der Waals surface area (Å²) in [5, 5.41) is 10.3. The Labute approximate surface area is 154 Å². The van der Waals surface area contributed by atoms with Crippen LogP contribution in [-0.4, -0.2) is 42.6 Å². The highest BCUT2D eigenvalue weighted by atomic mass is 19.1. The molecule has 0 saturated carbocycles. The standard InChI is InChI=1S/C21H25FN4/c1-15-10-18(22)11-19-20(15)24-13-17(12-23)21(19)26-8-4-16(5-9-26)14-25-6-2-3-7-25/h10-11,13,16H,2-9,14H2,1H3. The number of pyridine rings is 1. The third kappa shape index (κ3) is 3.26. The second-order valence-corrected chi connectivity index (χ2v) is 7.69. The van der Waals surface area contributed by atoms with E-state index in [9.17, 15) is 9.65 Å². The van der Waals surface area contributed by atoms with Crippen molar-refractivity contribution in [1.29, 1.82) is 5.26 Å². The maximum Gasteiger partial charge on any atom is 0.124 e. The van der Waals surface area contributed by atoms with E-state index in [-0.39, 0.29) is 5.82 Å². The van der Waals surface area contributed by atoms with Crippen LogP contribution in [0.4, 0.5) is 10.1 Å². The van der Waals surface area contributed by atoms with Crippen LogP contribution < -0.4 is 4.90 Å². The molecule has 2 aromatic rings. The number of aryl methyl sites for hydroxylation is 1. The molecule has 0 amide bonds. The zero-order valence-corrected chi connectivity index (χ0v) is 15.3. The number of hydrogen-bond donors (Lipinski definition) is 0. The first-order chi connectivity index (χ1) is 12.7. The number of aromatic nitrogens is 1. The summed E-state index contributed by atoms with van der Waals surface area (Å²) >= 11 is 0. The van der Waals surface area contributed by atoms with Gasteiger partial charge >= 0.3 is 0 Å². The van der Waals surface area contributed by atoms with Gasteiger partial charge in [0, 0.05) is 31.2 Å². The summed E-state index contributed by atoms with van der Waals surface area (Å²) in [7, 11) is 0. The molecule has 0 atom stereocenters. The molecule has 26 heavy (non-hydrogen) atoms. The summed E-state index contributed by atoms with van der Waals surface area (Å²) in [6, 6.07) is 5.30. The minimum absolute atomic E-state index is 0.267. The maximum atomic E-state index is 14.0. The van der Waals surface area contributed by atoms with Gasteiger partial charge in [-0.3, -0.25) is 4.98 Å². The molecule has 0 unspecified atom stereocenters. The molecule has 1 aromatic heterocycles. The second kappa shape index (κ2) is 7.20. The Morgan fingerprint density at radius 3 is 2.62 bits per heavy atom. The number of nitriles is 1. The van der Waals surface area contributed by atoms with Crippen molar-refractivity contribution in [3.05, 3.63) is 35.3 Å². The molecule has 0 aliphatic carbocycles. The fourth-order valence-corrected chi connectivity index (χ4v) is 4.51. The van der Waals surface area contributed by atoms with Gasteiger partial charge in [0.25, 0.3) is 0 Å². The van der Waals surface area contributed by atoms with Gasteiger partial charge in [-0.2, -0.15) is 5.26 Å². The first kappa shape index (κ1) is 17.2. The highest BCUT2D eigenvalue weighted by molar-refractivity contribution is 5.96. The number of likely N-dealkylation sites (tertiary alicyclic amines) is 1. The maximum absolute atomic E-state index is 14.0. The van der Waals surface area contributed by atoms with Crippen molar-refractivity contribution in [1.82, 2.24) is 9.88 Å². The Morgan fingerprint density at radius 2 is 1.92 bits per heavy atom. The lowest BCUT2D eigenvalue weighted by Crippen LogP contribution is -2.38. The van der Waals surface area contributed by atoms with E-state index in [1.807, 2.05) is 6.92 Å². The summed E-state index contributed by atoms with van der Waals surface area (Å²) in [6.07, 6.45) is 6.55. The molecular formula is C21H25FN4. The molecule has 2 fully saturated rings. The van der Waals surface area contributed by atoms with Crippen LogP contribution in [0.1, 0.15) is 36.8 Å². The molecule has 0 radical (unpaired) electrons. The van der Waals surface area contributed by atoms with Gasteiger partial charge in [-0.1, -0.05) is 0 Å². The number of nitrogens with zero attached hydrogens (tertiary/aromatic N) is 4. The van der Waals surface area contributed by atoms with Crippen LogP contribution >= 0.6 is 0 Å². The molecule has 0 N–H and O–H groups in total. The monoisotopic (exact) mass is 352 g/mol. The van der Waals surface area contributed by atoms with Gasteiger partial charge in [-0.05, 0) is 69.3 Å². The minimum Gasteiger partial charge on any atom is -0.370 e. The van der Waals surface area contributed by atoms with Crippen molar-refractivity contribution in [2.24, 2.45) is 5.92 Å². The Balaban J connectivity index is 1.59. The molecule has 2 saturated heterocycles. The average molecular weight is 352 g/mol. The lowest BCUT2D eigenvalue weighted by atomic mass is 9.94. The Hall–Kier alpha value is -2.19. The lowest BCUT2D eigenvalue weighted by Gasteiger charge is -2.36. The molecule has 5 heteroatoms. The van der Waals surface area contributed by atoms with E-state index in [4.69, 9.17) is 0 Å². The van der Waals surface area contributed by atoms with Crippen LogP contribution in [0.5, 0.6) is 0 Å². The summed E-state index contributed by atoms with van der Waals surface area (Å²) < 4.78 is 14.0. The van der Waals surface area contributed by atoms with Gasteiger partial charge in [-0.25, -0.2) is 4.39 Å². The molecule has 4 nitrogen and oxygen atoms in total. The third-order valence-electron chi connectivity index (χ3n) is 5.86. The molecule has 1 aromatic carbocycles. The summed E-state index contributed by atoms with van der Waals surface area (Å²) in [5.74, 6) is 0.457. The molecule has 0 spiro atoms. The van der Waals surface area contributed by atoms with Crippen LogP contribution in [-0.2, 0) is 0 Å². The zero-order valence-electron chi connectivity index (χ0n) is 15.3. The number of hydrogen-bond acceptors (Lipinski definition) is 4. The van der Waals surface area contributed by atoms with Gasteiger partial charge in [-0.15, -0.1) is 0 Å². The van der Waals surface area contributed by atoms with E-state index in [2.05, 4.69) is 20.9 Å². The predicted octanol–water partition coefficient (Wildman–Crippen LogP) is 3.87. The molecule has 0 bridgehead atoms. The van der Waals surface area contributed by atoms with Crippen molar-refractivity contribution >= 4 is 16.6 Å². The van der Waals surface area contributed by atoms with Crippen molar-refractivity contribution in [2.45, 2.75) is 32.6 Å². The minimum atomic E-state index is -0.267. The van der Waals surface area contributed by atoms with Crippen LogP contribution in [0, 0.1) is 30.0 Å². The normalized spacial score (nSPS) is 19.2. The average Bonchev–Trinajstić information content (AvgIpc) is 3.14. The van der Waals surface area contributed by atoms with Gasteiger partial charge in [0.1, 0.15) is 11.9 Å². The SMILES string of the molecule is Cc1cc(F)cc2c(N3CCC(CN4CCCC4)CC3)c(C#N)cnc12. The third-order valence-corrected chi connectivity index (χ3v) is 5.86. The summed E-state index contributed by atoms with van der Waals surface area (Å²) in [4.78, 5) is 9.26. The number of piperidine rings is 1. The largest absolute Gasteiger partial charge is 0.370 e. The highest BCUT2D eigenvalue weighted by Gasteiger charge is 2.25. The van der Waals surface area contributed by atoms with E-state index >= 15 is 0 Å². The van der Waals surface area contributed by atoms with E-state index < -0.39 is 0 Å².